The fourth-order valence-corrected chi connectivity index (χ4v) is 3.17. The molecule has 0 saturated carbocycles. The first kappa shape index (κ1) is 23.0. The van der Waals surface area contributed by atoms with E-state index >= 15 is 0 Å². The van der Waals surface area contributed by atoms with Crippen molar-refractivity contribution in [3.05, 3.63) is 35.9 Å². The minimum atomic E-state index is -0.481. The molecule has 0 aromatic heterocycles. The predicted molar refractivity (Wildman–Crippen MR) is 116 cm³/mol. The minimum Gasteiger partial charge on any atom is -0.444 e. The molecule has 1 amide bonds. The Morgan fingerprint density at radius 3 is 2.69 bits per heavy atom. The van der Waals surface area contributed by atoms with E-state index in [1.54, 1.807) is 7.05 Å². The van der Waals surface area contributed by atoms with Crippen LogP contribution in [0.3, 0.4) is 0 Å². The highest BCUT2D eigenvalue weighted by atomic mass is 16.6. The fraction of sp³-hybridized carbons (Fsp3) is 0.636. The standard InChI is InChI=1S/C22H36N4O3/c1-22(2,3)29-21(27)25-19-12-14-26(16-19)20(23-4)24-13-8-9-15-28-17-18-10-6-5-7-11-18/h5-7,10-11,19H,8-9,12-17H2,1-4H3,(H,23,24)(H,25,27). The molecule has 2 rings (SSSR count). The van der Waals surface area contributed by atoms with Crippen LogP contribution in [0.1, 0.15) is 45.6 Å². The lowest BCUT2D eigenvalue weighted by molar-refractivity contribution is 0.0507. The molecule has 1 heterocycles. The highest BCUT2D eigenvalue weighted by Gasteiger charge is 2.27. The Morgan fingerprint density at radius 1 is 1.24 bits per heavy atom. The SMILES string of the molecule is CN=C(NCCCCOCc1ccccc1)N1CCC(NC(=O)OC(C)(C)C)C1. The van der Waals surface area contributed by atoms with Crippen LogP contribution < -0.4 is 10.6 Å². The molecule has 1 saturated heterocycles. The first-order valence-electron chi connectivity index (χ1n) is 10.4. The number of benzene rings is 1. The van der Waals surface area contributed by atoms with Crippen molar-refractivity contribution in [2.24, 2.45) is 4.99 Å². The van der Waals surface area contributed by atoms with Crippen LogP contribution in [0.15, 0.2) is 35.3 Å². The maximum atomic E-state index is 11.9. The smallest absolute Gasteiger partial charge is 0.407 e. The van der Waals surface area contributed by atoms with Crippen LogP contribution in [0.2, 0.25) is 0 Å². The van der Waals surface area contributed by atoms with Crippen LogP contribution in [0.5, 0.6) is 0 Å². The zero-order chi connectivity index (χ0) is 21.1. The van der Waals surface area contributed by atoms with Crippen molar-refractivity contribution < 1.29 is 14.3 Å². The van der Waals surface area contributed by atoms with Gasteiger partial charge in [-0.2, -0.15) is 0 Å². The van der Waals surface area contributed by atoms with Crippen molar-refractivity contribution in [2.75, 3.05) is 33.3 Å². The monoisotopic (exact) mass is 404 g/mol. The van der Waals surface area contributed by atoms with Gasteiger partial charge in [0.05, 0.1) is 12.6 Å². The number of ether oxygens (including phenoxy) is 2. The van der Waals surface area contributed by atoms with E-state index in [1.165, 1.54) is 5.56 Å². The van der Waals surface area contributed by atoms with Gasteiger partial charge in [-0.3, -0.25) is 4.99 Å². The van der Waals surface area contributed by atoms with Gasteiger partial charge in [-0.15, -0.1) is 0 Å². The zero-order valence-electron chi connectivity index (χ0n) is 18.2. The van der Waals surface area contributed by atoms with Crippen LogP contribution in [0.4, 0.5) is 4.79 Å². The van der Waals surface area contributed by atoms with Gasteiger partial charge in [-0.05, 0) is 45.6 Å². The maximum Gasteiger partial charge on any atom is 0.407 e. The number of nitrogens with one attached hydrogen (secondary N) is 2. The number of hydrogen-bond acceptors (Lipinski definition) is 4. The molecule has 0 radical (unpaired) electrons. The van der Waals surface area contributed by atoms with E-state index in [4.69, 9.17) is 9.47 Å². The van der Waals surface area contributed by atoms with Gasteiger partial charge in [0.15, 0.2) is 5.96 Å². The molecular weight excluding hydrogens is 368 g/mol. The second-order valence-electron chi connectivity index (χ2n) is 8.30. The molecule has 29 heavy (non-hydrogen) atoms. The van der Waals surface area contributed by atoms with E-state index in [1.807, 2.05) is 39.0 Å². The molecule has 0 aliphatic carbocycles. The highest BCUT2D eigenvalue weighted by molar-refractivity contribution is 5.80. The van der Waals surface area contributed by atoms with Gasteiger partial charge in [-0.25, -0.2) is 4.79 Å². The Bertz CT molecular complexity index is 643. The van der Waals surface area contributed by atoms with Gasteiger partial charge < -0.3 is 25.0 Å². The molecule has 0 bridgehead atoms. The summed E-state index contributed by atoms with van der Waals surface area (Å²) in [4.78, 5) is 18.5. The number of rotatable bonds is 8. The second-order valence-corrected chi connectivity index (χ2v) is 8.30. The van der Waals surface area contributed by atoms with Crippen molar-refractivity contribution in [1.29, 1.82) is 0 Å². The summed E-state index contributed by atoms with van der Waals surface area (Å²) >= 11 is 0. The molecule has 7 heteroatoms. The quantitative estimate of drug-likeness (QED) is 0.395. The first-order chi connectivity index (χ1) is 13.9. The highest BCUT2D eigenvalue weighted by Crippen LogP contribution is 2.12. The third kappa shape index (κ3) is 9.17. The number of unbranched alkanes of at least 4 members (excludes halogenated alkanes) is 1. The van der Waals surface area contributed by atoms with E-state index in [0.717, 1.165) is 51.5 Å². The van der Waals surface area contributed by atoms with Gasteiger partial charge in [-0.1, -0.05) is 30.3 Å². The van der Waals surface area contributed by atoms with E-state index in [-0.39, 0.29) is 12.1 Å². The number of nitrogens with zero attached hydrogens (tertiary/aromatic N) is 2. The van der Waals surface area contributed by atoms with Crippen LogP contribution in [-0.2, 0) is 16.1 Å². The summed E-state index contributed by atoms with van der Waals surface area (Å²) in [6.45, 7) is 9.46. The van der Waals surface area contributed by atoms with Crippen LogP contribution in [0, 0.1) is 0 Å². The summed E-state index contributed by atoms with van der Waals surface area (Å²) in [5.74, 6) is 0.878. The number of likely N-dealkylation sites (tertiary alicyclic amines) is 1. The molecular formula is C22H36N4O3. The number of aliphatic imine (C=N–C) groups is 1. The molecule has 1 atom stereocenters. The van der Waals surface area contributed by atoms with Gasteiger partial charge in [0.2, 0.25) is 0 Å². The normalized spacial score (nSPS) is 17.3. The Kier molecular flexibility index (Phi) is 9.25. The third-order valence-corrected chi connectivity index (χ3v) is 4.53. The second kappa shape index (κ2) is 11.7. The molecule has 1 aromatic rings. The number of carbonyl (C=O) groups is 1. The van der Waals surface area contributed by atoms with Crippen molar-refractivity contribution in [3.8, 4) is 0 Å². The largest absolute Gasteiger partial charge is 0.444 e. The Labute approximate surface area is 174 Å². The van der Waals surface area contributed by atoms with E-state index < -0.39 is 5.60 Å². The van der Waals surface area contributed by atoms with Crippen LogP contribution in [-0.4, -0.2) is 61.9 Å². The summed E-state index contributed by atoms with van der Waals surface area (Å²) in [6, 6.07) is 10.3. The average Bonchev–Trinajstić information content (AvgIpc) is 3.11. The van der Waals surface area contributed by atoms with E-state index in [9.17, 15) is 4.79 Å². The topological polar surface area (TPSA) is 75.2 Å². The molecule has 2 N–H and O–H groups in total. The molecule has 0 spiro atoms. The minimum absolute atomic E-state index is 0.0785. The number of amides is 1. The Morgan fingerprint density at radius 2 is 2.00 bits per heavy atom. The third-order valence-electron chi connectivity index (χ3n) is 4.53. The van der Waals surface area contributed by atoms with Gasteiger partial charge in [0, 0.05) is 33.3 Å². The predicted octanol–water partition coefficient (Wildman–Crippen LogP) is 3.16. The average molecular weight is 405 g/mol. The number of carbonyl (C=O) groups excluding carboxylic acids is 1. The van der Waals surface area contributed by atoms with Gasteiger partial charge in [0.1, 0.15) is 5.60 Å². The lowest BCUT2D eigenvalue weighted by Gasteiger charge is -2.23. The summed E-state index contributed by atoms with van der Waals surface area (Å²) in [5, 5.41) is 6.35. The number of alkyl carbamates (subject to hydrolysis) is 1. The van der Waals surface area contributed by atoms with Crippen molar-refractivity contribution in [2.45, 2.75) is 58.3 Å². The molecule has 1 unspecified atom stereocenters. The summed E-state index contributed by atoms with van der Waals surface area (Å²) in [5.41, 5.74) is 0.722. The van der Waals surface area contributed by atoms with Crippen molar-refractivity contribution in [1.82, 2.24) is 15.5 Å². The van der Waals surface area contributed by atoms with Crippen molar-refractivity contribution in [3.63, 3.8) is 0 Å². The van der Waals surface area contributed by atoms with E-state index in [2.05, 4.69) is 32.7 Å². The molecule has 1 aliphatic rings. The number of guanidine groups is 1. The summed E-state index contributed by atoms with van der Waals surface area (Å²) < 4.78 is 11.1. The fourth-order valence-electron chi connectivity index (χ4n) is 3.17. The van der Waals surface area contributed by atoms with Crippen molar-refractivity contribution >= 4 is 12.1 Å². The first-order valence-corrected chi connectivity index (χ1v) is 10.4. The Balaban J connectivity index is 1.58. The summed E-state index contributed by atoms with van der Waals surface area (Å²) in [7, 11) is 1.79. The molecule has 1 aliphatic heterocycles. The molecule has 162 valence electrons. The Hall–Kier alpha value is -2.28. The molecule has 1 aromatic carbocycles. The summed E-state index contributed by atoms with van der Waals surface area (Å²) in [6.07, 6.45) is 2.54. The van der Waals surface area contributed by atoms with Crippen LogP contribution >= 0.6 is 0 Å². The van der Waals surface area contributed by atoms with E-state index in [0.29, 0.717) is 6.61 Å². The lowest BCUT2D eigenvalue weighted by atomic mass is 10.2. The number of hydrogen-bond donors (Lipinski definition) is 2. The van der Waals surface area contributed by atoms with Gasteiger partial charge >= 0.3 is 6.09 Å². The zero-order valence-corrected chi connectivity index (χ0v) is 18.2. The van der Waals surface area contributed by atoms with Gasteiger partial charge in [0.25, 0.3) is 0 Å². The molecule has 1 fully saturated rings. The molecule has 7 nitrogen and oxygen atoms in total. The van der Waals surface area contributed by atoms with Crippen LogP contribution in [0.25, 0.3) is 0 Å². The lowest BCUT2D eigenvalue weighted by Crippen LogP contribution is -2.44. The maximum absolute atomic E-state index is 11.9.